The lowest BCUT2D eigenvalue weighted by atomic mass is 9.83. The number of benzene rings is 10. The lowest BCUT2D eigenvalue weighted by Gasteiger charge is -2.20. The summed E-state index contributed by atoms with van der Waals surface area (Å²) in [6, 6.07) is -5.89. The topological polar surface area (TPSA) is 26.3 Å². The molecule has 0 aliphatic heterocycles. The van der Waals surface area contributed by atoms with Crippen molar-refractivity contribution in [3.05, 3.63) is 181 Å². The summed E-state index contributed by atoms with van der Waals surface area (Å²) in [5.74, 6) is 0. The normalized spacial score (nSPS) is 18.0. The lowest BCUT2D eigenvalue weighted by molar-refractivity contribution is 0.663. The molecule has 0 unspecified atom stereocenters. The predicted molar refractivity (Wildman–Crippen MR) is 227 cm³/mol. The molecule has 0 bridgehead atoms. The number of hydrogen-bond donors (Lipinski definition) is 0. The van der Waals surface area contributed by atoms with Crippen molar-refractivity contribution in [2.45, 2.75) is 0 Å². The van der Waals surface area contributed by atoms with Crippen LogP contribution in [0.2, 0.25) is 0 Å². The highest BCUT2D eigenvalue weighted by Gasteiger charge is 2.21. The Hall–Kier alpha value is -7.16. The van der Waals surface area contributed by atoms with Crippen LogP contribution in [0.3, 0.4) is 0 Å². The third-order valence-corrected chi connectivity index (χ3v) is 9.77. The summed E-state index contributed by atoms with van der Waals surface area (Å²) in [4.78, 5) is 0. The molecule has 10 aromatic carbocycles. The number of furan rings is 2. The van der Waals surface area contributed by atoms with Crippen LogP contribution in [0, 0.1) is 0 Å². The van der Waals surface area contributed by atoms with Crippen LogP contribution in [0.25, 0.3) is 120 Å². The Morgan fingerprint density at radius 2 is 0.852 bits per heavy atom. The third kappa shape index (κ3) is 4.11. The predicted octanol–water partition coefficient (Wildman–Crippen LogP) is 15.1. The highest BCUT2D eigenvalue weighted by atomic mass is 16.3. The molecule has 0 N–H and O–H groups in total. The Labute approximate surface area is 342 Å². The van der Waals surface area contributed by atoms with E-state index in [0.29, 0.717) is 10.8 Å². The van der Waals surface area contributed by atoms with E-state index in [4.69, 9.17) is 25.3 Å². The summed E-state index contributed by atoms with van der Waals surface area (Å²) in [7, 11) is 0. The molecule has 12 rings (SSSR count). The van der Waals surface area contributed by atoms with Crippen molar-refractivity contribution in [2.75, 3.05) is 0 Å². The molecule has 0 radical (unpaired) electrons. The molecular formula is C52H30O2. The van der Waals surface area contributed by atoms with Crippen molar-refractivity contribution >= 4 is 87.0 Å². The van der Waals surface area contributed by atoms with Crippen molar-refractivity contribution < 1.29 is 40.4 Å². The summed E-state index contributed by atoms with van der Waals surface area (Å²) < 4.78 is 224. The van der Waals surface area contributed by atoms with E-state index in [1.54, 1.807) is 42.5 Å². The van der Waals surface area contributed by atoms with Gasteiger partial charge >= 0.3 is 0 Å². The molecule has 12 aromatic rings. The zero-order valence-corrected chi connectivity index (χ0v) is 27.4. The second-order valence-corrected chi connectivity index (χ2v) is 12.5. The largest absolute Gasteiger partial charge is 0.456 e. The lowest BCUT2D eigenvalue weighted by Crippen LogP contribution is -1.93. The fraction of sp³-hybridized carbons (Fsp3) is 0. The van der Waals surface area contributed by atoms with Gasteiger partial charge in [0.15, 0.2) is 0 Å². The Morgan fingerprint density at radius 1 is 0.333 bits per heavy atom. The van der Waals surface area contributed by atoms with E-state index in [-0.39, 0.29) is 43.4 Å². The first-order valence-electron chi connectivity index (χ1n) is 28.1. The van der Waals surface area contributed by atoms with E-state index in [0.717, 1.165) is 0 Å². The zero-order valence-electron chi connectivity index (χ0n) is 50.4. The molecule has 2 aromatic heterocycles. The molecule has 0 saturated heterocycles. The monoisotopic (exact) mass is 709 g/mol. The van der Waals surface area contributed by atoms with Gasteiger partial charge in [0.05, 0.1) is 31.5 Å². The fourth-order valence-corrected chi connectivity index (χ4v) is 7.52. The van der Waals surface area contributed by atoms with Gasteiger partial charge < -0.3 is 8.83 Å². The smallest absolute Gasteiger partial charge is 0.136 e. The van der Waals surface area contributed by atoms with E-state index >= 15 is 0 Å². The van der Waals surface area contributed by atoms with Crippen LogP contribution in [0.4, 0.5) is 0 Å². The number of para-hydroxylation sites is 1. The van der Waals surface area contributed by atoms with Gasteiger partial charge in [0, 0.05) is 21.5 Å². The average Bonchev–Trinajstić information content (AvgIpc) is 4.26. The van der Waals surface area contributed by atoms with Crippen LogP contribution in [-0.4, -0.2) is 0 Å². The highest BCUT2D eigenvalue weighted by Crippen LogP contribution is 2.48. The van der Waals surface area contributed by atoms with Gasteiger partial charge in [-0.1, -0.05) is 151 Å². The SMILES string of the molecule is [2H]c1c([2H])c([2H])c2c(oc3c([2H])c([2H])c4oc5c([2H])c(-c6c([2H])c([2H])c(-c7c8c([2H])c([2H])c([2H])c([2H])c8c(-c8cccc9ccccc89)c8c([2H])c([2H])c([2H])c([2H])c78)c7c([2H])c([2H])c([2H])c([2H])c67)c([2H])c([2H])c5c4c32)c1[2H]. The van der Waals surface area contributed by atoms with Crippen LogP contribution in [0.5, 0.6) is 0 Å². The van der Waals surface area contributed by atoms with Gasteiger partial charge in [-0.3, -0.25) is 0 Å². The molecule has 0 aliphatic rings. The maximum Gasteiger partial charge on any atom is 0.136 e. The van der Waals surface area contributed by atoms with Gasteiger partial charge in [-0.15, -0.1) is 0 Å². The molecule has 54 heavy (non-hydrogen) atoms. The molecule has 0 spiro atoms. The Bertz CT molecular complexity index is 4760. The van der Waals surface area contributed by atoms with E-state index in [2.05, 4.69) is 0 Å². The Kier molecular flexibility index (Phi) is 3.12. The van der Waals surface area contributed by atoms with Crippen LogP contribution >= 0.6 is 0 Å². The first-order valence-corrected chi connectivity index (χ1v) is 16.6. The number of fused-ring (bicyclic) bond motifs is 11. The maximum absolute atomic E-state index is 9.99. The summed E-state index contributed by atoms with van der Waals surface area (Å²) in [5.41, 5.74) is -4.10. The van der Waals surface area contributed by atoms with Crippen molar-refractivity contribution in [1.82, 2.24) is 0 Å². The summed E-state index contributed by atoms with van der Waals surface area (Å²) >= 11 is 0. The molecule has 0 fully saturated rings. The zero-order chi connectivity index (χ0) is 55.3. The summed E-state index contributed by atoms with van der Waals surface area (Å²) in [6.07, 6.45) is 0. The molecule has 2 heterocycles. The highest BCUT2D eigenvalue weighted by molar-refractivity contribution is 6.27. The van der Waals surface area contributed by atoms with E-state index in [1.807, 2.05) is 0 Å². The average molecular weight is 710 g/mol. The van der Waals surface area contributed by atoms with Gasteiger partial charge in [-0.2, -0.15) is 0 Å². The molecule has 0 aliphatic carbocycles. The minimum absolute atomic E-state index is 0.0516. The Morgan fingerprint density at radius 3 is 1.56 bits per heavy atom. The molecule has 0 saturated carbocycles. The first kappa shape index (κ1) is 15.1. The third-order valence-electron chi connectivity index (χ3n) is 9.77. The van der Waals surface area contributed by atoms with Crippen LogP contribution < -0.4 is 0 Å². The number of rotatable bonds is 3. The molecule has 2 heteroatoms. The van der Waals surface area contributed by atoms with Gasteiger partial charge in [0.2, 0.25) is 0 Å². The second kappa shape index (κ2) is 11.2. The fourth-order valence-electron chi connectivity index (χ4n) is 7.52. The second-order valence-electron chi connectivity index (χ2n) is 12.5. The van der Waals surface area contributed by atoms with Crippen molar-refractivity contribution in [2.24, 2.45) is 0 Å². The quantitative estimate of drug-likeness (QED) is 0.171. The maximum atomic E-state index is 9.99. The van der Waals surface area contributed by atoms with Gasteiger partial charge in [0.25, 0.3) is 0 Å². The minimum Gasteiger partial charge on any atom is -0.456 e. The van der Waals surface area contributed by atoms with Crippen LogP contribution in [0.15, 0.2) is 190 Å². The standard InChI is InChI=1S/C52H30O2/c1-2-14-33-31(12-1)13-11-22-37(33)49-38-17-5-7-19-40(38)50(41-20-8-6-18-39(41)49)42-27-26-34(35-15-3-4-16-36(35)42)32-24-25-44-48(30-32)54-47-29-28-46-51(52(44)47)43-21-9-10-23-45(43)53-46/h1-30H/i3D,4D,5D,6D,7D,8D,9D,10D,15D,16D,17D,18D,19D,20D,21D,23D,24D,25D,26D,27D,28D,29D,30D. The minimum atomic E-state index is -0.968. The van der Waals surface area contributed by atoms with Gasteiger partial charge in [-0.05, 0) is 107 Å². The summed E-state index contributed by atoms with van der Waals surface area (Å²) in [5, 5.41) is -2.59. The first-order chi connectivity index (χ1) is 36.4. The van der Waals surface area contributed by atoms with Crippen LogP contribution in [0.1, 0.15) is 31.5 Å². The summed E-state index contributed by atoms with van der Waals surface area (Å²) in [6.45, 7) is 0. The van der Waals surface area contributed by atoms with Gasteiger partial charge in [0.1, 0.15) is 22.3 Å². The number of hydrogen-bond acceptors (Lipinski definition) is 2. The van der Waals surface area contributed by atoms with E-state index in [1.165, 1.54) is 0 Å². The molecule has 250 valence electrons. The van der Waals surface area contributed by atoms with E-state index < -0.39 is 205 Å². The molecule has 0 atom stereocenters. The molecular weight excluding hydrogens is 657 g/mol. The van der Waals surface area contributed by atoms with Gasteiger partial charge in [-0.25, -0.2) is 0 Å². The van der Waals surface area contributed by atoms with Crippen molar-refractivity contribution in [3.63, 3.8) is 0 Å². The van der Waals surface area contributed by atoms with Crippen molar-refractivity contribution in [1.29, 1.82) is 0 Å². The molecule has 2 nitrogen and oxygen atoms in total. The van der Waals surface area contributed by atoms with Crippen LogP contribution in [-0.2, 0) is 0 Å². The Balaban J connectivity index is 1.31. The molecule has 0 amide bonds. The van der Waals surface area contributed by atoms with E-state index in [9.17, 15) is 15.1 Å². The van der Waals surface area contributed by atoms with Crippen molar-refractivity contribution in [3.8, 4) is 33.4 Å².